The molecule has 2 heteroatoms. The van der Waals surface area contributed by atoms with Crippen LogP contribution in [0.15, 0.2) is 42.5 Å². The molecule has 2 aromatic carbocycles. The van der Waals surface area contributed by atoms with Gasteiger partial charge in [0, 0.05) is 17.1 Å². The first-order valence-corrected chi connectivity index (χ1v) is 7.80. The van der Waals surface area contributed by atoms with Gasteiger partial charge < -0.3 is 5.11 Å². The van der Waals surface area contributed by atoms with Crippen molar-refractivity contribution in [3.05, 3.63) is 53.6 Å². The maximum absolute atomic E-state index is 12.0. The van der Waals surface area contributed by atoms with Crippen LogP contribution < -0.4 is 0 Å². The molecular formula is C20H24O2. The monoisotopic (exact) mass is 296 g/mol. The smallest absolute Gasteiger partial charge is 0.164 e. The molecule has 0 heterocycles. The number of fused-ring (bicyclic) bond motifs is 1. The molecule has 0 aliphatic carbocycles. The van der Waals surface area contributed by atoms with Gasteiger partial charge in [0.1, 0.15) is 5.76 Å². The second-order valence-electron chi connectivity index (χ2n) is 6.75. The average molecular weight is 296 g/mol. The standard InChI is InChI=1S/C20H24O2/c1-5-7-14-8-6-9-15-12-16(10-11-17(14)15)18(21)13-19(22)20(2,3)4/h6,8-13,21H,5,7H2,1-4H3. The first kappa shape index (κ1) is 16.3. The van der Waals surface area contributed by atoms with Gasteiger partial charge in [-0.1, -0.05) is 64.4 Å². The minimum Gasteiger partial charge on any atom is -0.507 e. The lowest BCUT2D eigenvalue weighted by molar-refractivity contribution is -0.121. The Labute approximate surface area is 132 Å². The summed E-state index contributed by atoms with van der Waals surface area (Å²) in [6, 6.07) is 12.1. The van der Waals surface area contributed by atoms with E-state index in [2.05, 4.69) is 13.0 Å². The highest BCUT2D eigenvalue weighted by Gasteiger charge is 2.20. The molecule has 2 rings (SSSR count). The van der Waals surface area contributed by atoms with Crippen molar-refractivity contribution in [2.24, 2.45) is 5.41 Å². The molecule has 0 saturated carbocycles. The molecule has 116 valence electrons. The Balaban J connectivity index is 2.42. The normalized spacial score (nSPS) is 12.6. The van der Waals surface area contributed by atoms with E-state index in [1.54, 1.807) is 0 Å². The van der Waals surface area contributed by atoms with Gasteiger partial charge in [-0.15, -0.1) is 0 Å². The maximum atomic E-state index is 12.0. The lowest BCUT2D eigenvalue weighted by Gasteiger charge is -2.14. The summed E-state index contributed by atoms with van der Waals surface area (Å²) < 4.78 is 0. The van der Waals surface area contributed by atoms with E-state index in [1.807, 2.05) is 51.1 Å². The van der Waals surface area contributed by atoms with E-state index >= 15 is 0 Å². The summed E-state index contributed by atoms with van der Waals surface area (Å²) in [6.07, 6.45) is 3.48. The molecule has 0 bridgehead atoms. The molecule has 0 saturated heterocycles. The molecule has 2 aromatic rings. The lowest BCUT2D eigenvalue weighted by Crippen LogP contribution is -2.17. The summed E-state index contributed by atoms with van der Waals surface area (Å²) in [5, 5.41) is 12.5. The molecular weight excluding hydrogens is 272 g/mol. The van der Waals surface area contributed by atoms with Crippen molar-refractivity contribution < 1.29 is 9.90 Å². The number of ketones is 1. The van der Waals surface area contributed by atoms with E-state index in [4.69, 9.17) is 0 Å². The van der Waals surface area contributed by atoms with Crippen LogP contribution in [-0.2, 0) is 11.2 Å². The Hall–Kier alpha value is -2.09. The molecule has 0 unspecified atom stereocenters. The number of hydrogen-bond donors (Lipinski definition) is 1. The maximum Gasteiger partial charge on any atom is 0.164 e. The van der Waals surface area contributed by atoms with Crippen molar-refractivity contribution in [3.8, 4) is 0 Å². The third kappa shape index (κ3) is 3.56. The van der Waals surface area contributed by atoms with Crippen LogP contribution in [0, 0.1) is 5.41 Å². The van der Waals surface area contributed by atoms with Crippen LogP contribution >= 0.6 is 0 Å². The third-order valence-electron chi connectivity index (χ3n) is 3.79. The number of aryl methyl sites for hydroxylation is 1. The number of aliphatic hydroxyl groups excluding tert-OH is 1. The molecule has 0 amide bonds. The van der Waals surface area contributed by atoms with Crippen molar-refractivity contribution in [2.45, 2.75) is 40.5 Å². The summed E-state index contributed by atoms with van der Waals surface area (Å²) in [4.78, 5) is 12.0. The Morgan fingerprint density at radius 3 is 2.55 bits per heavy atom. The van der Waals surface area contributed by atoms with Gasteiger partial charge >= 0.3 is 0 Å². The molecule has 0 fully saturated rings. The van der Waals surface area contributed by atoms with Crippen LogP contribution in [0.3, 0.4) is 0 Å². The SMILES string of the molecule is CCCc1cccc2cc(C(O)=CC(=O)C(C)(C)C)ccc12. The number of hydrogen-bond acceptors (Lipinski definition) is 2. The highest BCUT2D eigenvalue weighted by Crippen LogP contribution is 2.25. The first-order valence-electron chi connectivity index (χ1n) is 7.80. The second-order valence-corrected chi connectivity index (χ2v) is 6.75. The van der Waals surface area contributed by atoms with Crippen LogP contribution in [0.5, 0.6) is 0 Å². The minimum absolute atomic E-state index is 0.0303. The van der Waals surface area contributed by atoms with Gasteiger partial charge in [-0.2, -0.15) is 0 Å². The summed E-state index contributed by atoms with van der Waals surface area (Å²) in [5.41, 5.74) is 1.51. The zero-order valence-corrected chi connectivity index (χ0v) is 13.8. The van der Waals surface area contributed by atoms with Crippen LogP contribution in [0.25, 0.3) is 16.5 Å². The van der Waals surface area contributed by atoms with Crippen molar-refractivity contribution in [2.75, 3.05) is 0 Å². The van der Waals surface area contributed by atoms with Gasteiger partial charge in [-0.3, -0.25) is 4.79 Å². The van der Waals surface area contributed by atoms with E-state index in [-0.39, 0.29) is 11.5 Å². The number of rotatable bonds is 4. The van der Waals surface area contributed by atoms with E-state index in [0.29, 0.717) is 5.56 Å². The summed E-state index contributed by atoms with van der Waals surface area (Å²) in [5.74, 6) is -0.0486. The van der Waals surface area contributed by atoms with Crippen molar-refractivity contribution in [1.82, 2.24) is 0 Å². The Kier molecular flexibility index (Phi) is 4.70. The fourth-order valence-electron chi connectivity index (χ4n) is 2.42. The second kappa shape index (κ2) is 6.35. The van der Waals surface area contributed by atoms with Gasteiger partial charge in [-0.25, -0.2) is 0 Å². The Morgan fingerprint density at radius 1 is 1.18 bits per heavy atom. The highest BCUT2D eigenvalue weighted by atomic mass is 16.3. The summed E-state index contributed by atoms with van der Waals surface area (Å²) in [6.45, 7) is 7.70. The number of benzene rings is 2. The molecule has 0 aromatic heterocycles. The zero-order valence-electron chi connectivity index (χ0n) is 13.8. The van der Waals surface area contributed by atoms with Gasteiger partial charge in [0.05, 0.1) is 0 Å². The summed E-state index contributed by atoms with van der Waals surface area (Å²) >= 11 is 0. The molecule has 0 spiro atoms. The van der Waals surface area contributed by atoms with Crippen LogP contribution in [-0.4, -0.2) is 10.9 Å². The van der Waals surface area contributed by atoms with Gasteiger partial charge in [0.15, 0.2) is 5.78 Å². The number of allylic oxidation sites excluding steroid dienone is 1. The fourth-order valence-corrected chi connectivity index (χ4v) is 2.42. The Morgan fingerprint density at radius 2 is 1.91 bits per heavy atom. The lowest BCUT2D eigenvalue weighted by atomic mass is 9.90. The van der Waals surface area contributed by atoms with Gasteiger partial charge in [0.25, 0.3) is 0 Å². The molecule has 0 atom stereocenters. The molecule has 0 aliphatic heterocycles. The van der Waals surface area contributed by atoms with E-state index in [0.717, 1.165) is 18.2 Å². The predicted molar refractivity (Wildman–Crippen MR) is 93.0 cm³/mol. The Bertz CT molecular complexity index is 718. The van der Waals surface area contributed by atoms with Gasteiger partial charge in [0.2, 0.25) is 0 Å². The number of carbonyl (C=O) groups is 1. The largest absolute Gasteiger partial charge is 0.507 e. The van der Waals surface area contributed by atoms with Crippen molar-refractivity contribution >= 4 is 22.3 Å². The molecule has 0 radical (unpaired) electrons. The molecule has 0 aliphatic rings. The highest BCUT2D eigenvalue weighted by molar-refractivity contribution is 5.99. The molecule has 2 nitrogen and oxygen atoms in total. The van der Waals surface area contributed by atoms with E-state index < -0.39 is 5.41 Å². The third-order valence-corrected chi connectivity index (χ3v) is 3.79. The molecule has 22 heavy (non-hydrogen) atoms. The van der Waals surface area contributed by atoms with Crippen molar-refractivity contribution in [3.63, 3.8) is 0 Å². The predicted octanol–water partition coefficient (Wildman–Crippen LogP) is 5.31. The minimum atomic E-state index is -0.487. The topological polar surface area (TPSA) is 37.3 Å². The number of carbonyl (C=O) groups excluding carboxylic acids is 1. The van der Waals surface area contributed by atoms with Crippen LogP contribution in [0.4, 0.5) is 0 Å². The molecule has 1 N–H and O–H groups in total. The first-order chi connectivity index (χ1) is 10.3. The zero-order chi connectivity index (χ0) is 16.3. The van der Waals surface area contributed by atoms with Crippen molar-refractivity contribution in [1.29, 1.82) is 0 Å². The average Bonchev–Trinajstić information content (AvgIpc) is 2.46. The quantitative estimate of drug-likeness (QED) is 0.613. The fraction of sp³-hybridized carbons (Fsp3) is 0.350. The van der Waals surface area contributed by atoms with Gasteiger partial charge in [-0.05, 0) is 28.8 Å². The van der Waals surface area contributed by atoms with Crippen LogP contribution in [0.2, 0.25) is 0 Å². The number of aliphatic hydroxyl groups is 1. The van der Waals surface area contributed by atoms with E-state index in [1.165, 1.54) is 17.0 Å². The summed E-state index contributed by atoms with van der Waals surface area (Å²) in [7, 11) is 0. The van der Waals surface area contributed by atoms with Crippen LogP contribution in [0.1, 0.15) is 45.2 Å². The van der Waals surface area contributed by atoms with E-state index in [9.17, 15) is 9.90 Å².